The third kappa shape index (κ3) is 3.69. The highest BCUT2D eigenvalue weighted by Gasteiger charge is 2.29. The molecule has 0 amide bonds. The number of rotatable bonds is 6. The molecule has 3 nitrogen and oxygen atoms in total. The number of nitrogens with zero attached hydrogens (tertiary/aromatic N) is 1. The van der Waals surface area contributed by atoms with E-state index in [9.17, 15) is 0 Å². The minimum atomic E-state index is 0.527. The summed E-state index contributed by atoms with van der Waals surface area (Å²) < 4.78 is 5.74. The van der Waals surface area contributed by atoms with Gasteiger partial charge in [0.25, 0.3) is 0 Å². The van der Waals surface area contributed by atoms with Gasteiger partial charge in [0.1, 0.15) is 0 Å². The van der Waals surface area contributed by atoms with E-state index in [1.54, 1.807) is 0 Å². The quantitative estimate of drug-likeness (QED) is 0.791. The van der Waals surface area contributed by atoms with Gasteiger partial charge >= 0.3 is 0 Å². The lowest BCUT2D eigenvalue weighted by molar-refractivity contribution is 0.0665. The second-order valence-corrected chi connectivity index (χ2v) is 5.90. The Morgan fingerprint density at radius 3 is 2.67 bits per heavy atom. The molecule has 1 aliphatic carbocycles. The zero-order valence-corrected chi connectivity index (χ0v) is 11.9. The van der Waals surface area contributed by atoms with Gasteiger partial charge in [0.15, 0.2) is 0 Å². The predicted molar refractivity (Wildman–Crippen MR) is 75.6 cm³/mol. The van der Waals surface area contributed by atoms with E-state index in [0.717, 1.165) is 31.7 Å². The average molecular weight is 254 g/mol. The van der Waals surface area contributed by atoms with Gasteiger partial charge in [0.2, 0.25) is 0 Å². The van der Waals surface area contributed by atoms with E-state index in [1.165, 1.54) is 51.5 Å². The maximum absolute atomic E-state index is 5.95. The summed E-state index contributed by atoms with van der Waals surface area (Å²) in [5.74, 6) is 0.725. The zero-order chi connectivity index (χ0) is 12.8. The summed E-state index contributed by atoms with van der Waals surface area (Å²) >= 11 is 0. The van der Waals surface area contributed by atoms with E-state index < -0.39 is 0 Å². The Morgan fingerprint density at radius 1 is 1.17 bits per heavy atom. The van der Waals surface area contributed by atoms with Crippen LogP contribution in [-0.4, -0.2) is 43.3 Å². The molecule has 3 heteroatoms. The lowest BCUT2D eigenvalue weighted by atomic mass is 9.83. The van der Waals surface area contributed by atoms with Crippen molar-refractivity contribution in [3.63, 3.8) is 0 Å². The second kappa shape index (κ2) is 7.46. The van der Waals surface area contributed by atoms with Crippen LogP contribution in [0.15, 0.2) is 0 Å². The van der Waals surface area contributed by atoms with E-state index in [2.05, 4.69) is 11.8 Å². The zero-order valence-electron chi connectivity index (χ0n) is 11.9. The molecule has 2 rings (SSSR count). The van der Waals surface area contributed by atoms with Crippen molar-refractivity contribution in [2.24, 2.45) is 11.7 Å². The highest BCUT2D eigenvalue weighted by atomic mass is 16.5. The predicted octanol–water partition coefficient (Wildman–Crippen LogP) is 2.39. The fourth-order valence-electron chi connectivity index (χ4n) is 3.68. The summed E-state index contributed by atoms with van der Waals surface area (Å²) in [5, 5.41) is 0. The van der Waals surface area contributed by atoms with Gasteiger partial charge in [-0.1, -0.05) is 19.8 Å². The number of nitrogens with two attached hydrogens (primary N) is 1. The molecule has 0 bridgehead atoms. The standard InChI is InChI=1S/C15H30N2O/c1-2-17(10-9-14-7-5-11-18-14)15-8-4-3-6-13(15)12-16/h13-15H,2-12,16H2,1H3. The van der Waals surface area contributed by atoms with Crippen molar-refractivity contribution >= 4 is 0 Å². The van der Waals surface area contributed by atoms with Crippen molar-refractivity contribution < 1.29 is 4.74 Å². The lowest BCUT2D eigenvalue weighted by Gasteiger charge is -2.39. The minimum Gasteiger partial charge on any atom is -0.378 e. The molecule has 1 saturated carbocycles. The summed E-state index contributed by atoms with van der Waals surface area (Å²) in [6.07, 6.45) is 9.70. The summed E-state index contributed by atoms with van der Waals surface area (Å²) in [6.45, 7) is 6.49. The summed E-state index contributed by atoms with van der Waals surface area (Å²) in [5.41, 5.74) is 5.95. The highest BCUT2D eigenvalue weighted by Crippen LogP contribution is 2.28. The Morgan fingerprint density at radius 2 is 2.00 bits per heavy atom. The van der Waals surface area contributed by atoms with Crippen molar-refractivity contribution in [3.05, 3.63) is 0 Å². The molecule has 0 radical (unpaired) electrons. The Labute approximate surface area is 112 Å². The van der Waals surface area contributed by atoms with Gasteiger partial charge in [-0.05, 0) is 51.1 Å². The number of hydrogen-bond acceptors (Lipinski definition) is 3. The van der Waals surface area contributed by atoms with E-state index in [4.69, 9.17) is 10.5 Å². The van der Waals surface area contributed by atoms with E-state index in [1.807, 2.05) is 0 Å². The molecule has 1 heterocycles. The molecule has 0 aromatic heterocycles. The largest absolute Gasteiger partial charge is 0.378 e. The van der Waals surface area contributed by atoms with Crippen molar-refractivity contribution in [2.45, 2.75) is 64.0 Å². The second-order valence-electron chi connectivity index (χ2n) is 5.90. The molecule has 3 unspecified atom stereocenters. The summed E-state index contributed by atoms with van der Waals surface area (Å²) in [4.78, 5) is 2.67. The van der Waals surface area contributed by atoms with Crippen LogP contribution in [0.2, 0.25) is 0 Å². The van der Waals surface area contributed by atoms with Gasteiger partial charge < -0.3 is 15.4 Å². The fourth-order valence-corrected chi connectivity index (χ4v) is 3.68. The van der Waals surface area contributed by atoms with Crippen LogP contribution in [-0.2, 0) is 4.74 Å². The van der Waals surface area contributed by atoms with Gasteiger partial charge in [-0.15, -0.1) is 0 Å². The Bertz CT molecular complexity index is 229. The van der Waals surface area contributed by atoms with Crippen LogP contribution >= 0.6 is 0 Å². The Hall–Kier alpha value is -0.120. The topological polar surface area (TPSA) is 38.5 Å². The fraction of sp³-hybridized carbons (Fsp3) is 1.00. The molecule has 1 aliphatic heterocycles. The van der Waals surface area contributed by atoms with Crippen molar-refractivity contribution in [1.29, 1.82) is 0 Å². The van der Waals surface area contributed by atoms with Gasteiger partial charge in [-0.3, -0.25) is 0 Å². The minimum absolute atomic E-state index is 0.527. The monoisotopic (exact) mass is 254 g/mol. The first kappa shape index (κ1) is 14.3. The number of hydrogen-bond donors (Lipinski definition) is 1. The molecule has 2 fully saturated rings. The maximum Gasteiger partial charge on any atom is 0.0588 e. The lowest BCUT2D eigenvalue weighted by Crippen LogP contribution is -2.45. The third-order valence-corrected chi connectivity index (χ3v) is 4.81. The molecule has 1 saturated heterocycles. The van der Waals surface area contributed by atoms with Crippen LogP contribution in [0.5, 0.6) is 0 Å². The molecule has 0 spiro atoms. The molecule has 18 heavy (non-hydrogen) atoms. The van der Waals surface area contributed by atoms with Gasteiger partial charge in [-0.25, -0.2) is 0 Å². The molecular weight excluding hydrogens is 224 g/mol. The molecule has 2 N–H and O–H groups in total. The first-order chi connectivity index (χ1) is 8.85. The third-order valence-electron chi connectivity index (χ3n) is 4.81. The van der Waals surface area contributed by atoms with Crippen LogP contribution in [0.3, 0.4) is 0 Å². The number of ether oxygens (including phenoxy) is 1. The molecule has 0 aromatic rings. The first-order valence-electron chi connectivity index (χ1n) is 7.90. The molecule has 0 aromatic carbocycles. The van der Waals surface area contributed by atoms with E-state index >= 15 is 0 Å². The summed E-state index contributed by atoms with van der Waals surface area (Å²) in [7, 11) is 0. The maximum atomic E-state index is 5.95. The van der Waals surface area contributed by atoms with Crippen LogP contribution in [0, 0.1) is 5.92 Å². The van der Waals surface area contributed by atoms with Crippen molar-refractivity contribution in [2.75, 3.05) is 26.2 Å². The van der Waals surface area contributed by atoms with E-state index in [-0.39, 0.29) is 0 Å². The van der Waals surface area contributed by atoms with Crippen LogP contribution < -0.4 is 5.73 Å². The molecule has 2 aliphatic rings. The molecular formula is C15H30N2O. The van der Waals surface area contributed by atoms with Crippen LogP contribution in [0.1, 0.15) is 51.9 Å². The van der Waals surface area contributed by atoms with Gasteiger partial charge in [-0.2, -0.15) is 0 Å². The summed E-state index contributed by atoms with van der Waals surface area (Å²) in [6, 6.07) is 0.732. The van der Waals surface area contributed by atoms with E-state index in [0.29, 0.717) is 6.10 Å². The SMILES string of the molecule is CCN(CCC1CCCO1)C1CCCCC1CN. The Balaban J connectivity index is 1.81. The normalized spacial score (nSPS) is 33.2. The smallest absolute Gasteiger partial charge is 0.0588 e. The van der Waals surface area contributed by atoms with Gasteiger partial charge in [0.05, 0.1) is 6.10 Å². The highest BCUT2D eigenvalue weighted by molar-refractivity contribution is 4.84. The molecule has 3 atom stereocenters. The van der Waals surface area contributed by atoms with Crippen LogP contribution in [0.25, 0.3) is 0 Å². The average Bonchev–Trinajstić information content (AvgIpc) is 2.93. The van der Waals surface area contributed by atoms with Gasteiger partial charge in [0, 0.05) is 19.2 Å². The first-order valence-corrected chi connectivity index (χ1v) is 7.90. The Kier molecular flexibility index (Phi) is 5.93. The van der Waals surface area contributed by atoms with Crippen molar-refractivity contribution in [1.82, 2.24) is 4.90 Å². The van der Waals surface area contributed by atoms with Crippen LogP contribution in [0.4, 0.5) is 0 Å². The molecule has 106 valence electrons. The van der Waals surface area contributed by atoms with Crippen molar-refractivity contribution in [3.8, 4) is 0 Å².